The van der Waals surface area contributed by atoms with Crippen molar-refractivity contribution in [2.75, 3.05) is 6.54 Å². The maximum absolute atomic E-state index is 9.55. The van der Waals surface area contributed by atoms with Crippen LogP contribution in [0.2, 0.25) is 0 Å². The number of aryl methyl sites for hydroxylation is 2. The quantitative estimate of drug-likeness (QED) is 0.779. The normalized spacial score (nSPS) is 13.7. The minimum Gasteiger partial charge on any atom is -0.386 e. The second kappa shape index (κ2) is 3.34. The number of hydrogen-bond acceptors (Lipinski definition) is 4. The Morgan fingerprint density at radius 3 is 2.93 bits per heavy atom. The molecule has 0 bridgehead atoms. The van der Waals surface area contributed by atoms with Crippen LogP contribution in [-0.2, 0) is 0 Å². The van der Waals surface area contributed by atoms with Crippen LogP contribution in [0.3, 0.4) is 0 Å². The zero-order valence-corrected chi connectivity index (χ0v) is 9.01. The van der Waals surface area contributed by atoms with Crippen molar-refractivity contribution in [1.82, 2.24) is 9.38 Å². The number of aliphatic hydroxyl groups is 1. The second-order valence-electron chi connectivity index (χ2n) is 3.32. The van der Waals surface area contributed by atoms with Crippen molar-refractivity contribution < 1.29 is 5.11 Å². The minimum absolute atomic E-state index is 0.252. The Bertz CT molecular complexity index is 460. The molecule has 2 heterocycles. The number of nitrogens with two attached hydrogens (primary N) is 1. The minimum atomic E-state index is -0.568. The molecule has 2 rings (SSSR count). The fourth-order valence-corrected chi connectivity index (χ4v) is 2.42. The highest BCUT2D eigenvalue weighted by atomic mass is 32.1. The molecule has 0 aromatic carbocycles. The van der Waals surface area contributed by atoms with E-state index < -0.39 is 6.10 Å². The van der Waals surface area contributed by atoms with Crippen molar-refractivity contribution >= 4 is 16.3 Å². The van der Waals surface area contributed by atoms with E-state index in [1.165, 1.54) is 11.3 Å². The molecule has 14 heavy (non-hydrogen) atoms. The molecule has 0 radical (unpaired) electrons. The van der Waals surface area contributed by atoms with Crippen LogP contribution in [0, 0.1) is 13.8 Å². The van der Waals surface area contributed by atoms with Crippen LogP contribution in [0.1, 0.15) is 22.4 Å². The van der Waals surface area contributed by atoms with Gasteiger partial charge in [0.2, 0.25) is 0 Å². The molecule has 4 nitrogen and oxygen atoms in total. The van der Waals surface area contributed by atoms with E-state index in [1.54, 1.807) is 0 Å². The number of imidazole rings is 1. The second-order valence-corrected chi connectivity index (χ2v) is 4.36. The Labute approximate surface area is 86.0 Å². The molecule has 0 aliphatic rings. The lowest BCUT2D eigenvalue weighted by Gasteiger charge is -2.01. The summed E-state index contributed by atoms with van der Waals surface area (Å²) < 4.78 is 1.99. The fourth-order valence-electron chi connectivity index (χ4n) is 1.35. The van der Waals surface area contributed by atoms with Gasteiger partial charge in [-0.1, -0.05) is 11.3 Å². The van der Waals surface area contributed by atoms with Crippen LogP contribution in [0.25, 0.3) is 4.96 Å². The highest BCUT2D eigenvalue weighted by molar-refractivity contribution is 7.17. The van der Waals surface area contributed by atoms with Crippen molar-refractivity contribution in [3.05, 3.63) is 22.5 Å². The number of fused-ring (bicyclic) bond motifs is 1. The van der Waals surface area contributed by atoms with Crippen LogP contribution in [-0.4, -0.2) is 21.0 Å². The summed E-state index contributed by atoms with van der Waals surface area (Å²) in [6.07, 6.45) is 1.34. The average molecular weight is 211 g/mol. The number of thiazole rings is 1. The number of aromatic nitrogens is 2. The van der Waals surface area contributed by atoms with Crippen molar-refractivity contribution in [2.45, 2.75) is 20.0 Å². The fraction of sp³-hybridized carbons (Fsp3) is 0.444. The Morgan fingerprint density at radius 2 is 2.36 bits per heavy atom. The third-order valence-electron chi connectivity index (χ3n) is 2.37. The van der Waals surface area contributed by atoms with E-state index in [2.05, 4.69) is 4.98 Å². The van der Waals surface area contributed by atoms with E-state index in [4.69, 9.17) is 5.73 Å². The van der Waals surface area contributed by atoms with E-state index >= 15 is 0 Å². The van der Waals surface area contributed by atoms with E-state index in [9.17, 15) is 5.11 Å². The van der Waals surface area contributed by atoms with Crippen molar-refractivity contribution in [1.29, 1.82) is 0 Å². The van der Waals surface area contributed by atoms with Crippen LogP contribution in [0.4, 0.5) is 0 Å². The average Bonchev–Trinajstić information content (AvgIpc) is 2.68. The first-order valence-corrected chi connectivity index (χ1v) is 5.28. The van der Waals surface area contributed by atoms with Crippen LogP contribution in [0.15, 0.2) is 6.20 Å². The van der Waals surface area contributed by atoms with Gasteiger partial charge in [-0.25, -0.2) is 4.98 Å². The third-order valence-corrected chi connectivity index (χ3v) is 3.46. The van der Waals surface area contributed by atoms with Gasteiger partial charge in [-0.15, -0.1) is 0 Å². The number of rotatable bonds is 2. The number of nitrogens with zero attached hydrogens (tertiary/aromatic N) is 2. The number of hydrogen-bond donors (Lipinski definition) is 2. The summed E-state index contributed by atoms with van der Waals surface area (Å²) in [6, 6.07) is 0. The van der Waals surface area contributed by atoms with Crippen LogP contribution in [0.5, 0.6) is 0 Å². The van der Waals surface area contributed by atoms with Crippen LogP contribution >= 0.6 is 11.3 Å². The van der Waals surface area contributed by atoms with Gasteiger partial charge in [0, 0.05) is 18.4 Å². The molecule has 2 aromatic heterocycles. The van der Waals surface area contributed by atoms with Crippen molar-refractivity contribution in [3.63, 3.8) is 0 Å². The standard InChI is InChI=1S/C9H13N3OS/c1-5-6(2)12-4-8(7(13)3-10)14-9(12)11-5/h4,7,13H,3,10H2,1-2H3. The van der Waals surface area contributed by atoms with Crippen molar-refractivity contribution in [2.24, 2.45) is 5.73 Å². The number of aliphatic hydroxyl groups excluding tert-OH is 1. The first-order valence-electron chi connectivity index (χ1n) is 4.46. The first kappa shape index (κ1) is 9.64. The summed E-state index contributed by atoms with van der Waals surface area (Å²) in [4.78, 5) is 6.17. The molecule has 2 aromatic rings. The van der Waals surface area contributed by atoms with E-state index in [0.29, 0.717) is 0 Å². The molecule has 3 N–H and O–H groups in total. The molecular weight excluding hydrogens is 198 g/mol. The van der Waals surface area contributed by atoms with E-state index in [0.717, 1.165) is 21.2 Å². The van der Waals surface area contributed by atoms with Gasteiger partial charge < -0.3 is 10.8 Å². The van der Waals surface area contributed by atoms with Crippen LogP contribution < -0.4 is 5.73 Å². The van der Waals surface area contributed by atoms with Gasteiger partial charge in [-0.2, -0.15) is 0 Å². The lowest BCUT2D eigenvalue weighted by atomic mass is 10.3. The Hall–Kier alpha value is -0.910. The van der Waals surface area contributed by atoms with Gasteiger partial charge >= 0.3 is 0 Å². The Kier molecular flexibility index (Phi) is 2.30. The summed E-state index contributed by atoms with van der Waals surface area (Å²) in [6.45, 7) is 4.25. The molecule has 0 amide bonds. The molecule has 1 atom stereocenters. The third kappa shape index (κ3) is 1.33. The van der Waals surface area contributed by atoms with Gasteiger partial charge in [-0.05, 0) is 13.8 Å². The highest BCUT2D eigenvalue weighted by Gasteiger charge is 2.13. The maximum Gasteiger partial charge on any atom is 0.194 e. The molecule has 76 valence electrons. The molecule has 0 aliphatic heterocycles. The molecule has 0 spiro atoms. The summed E-state index contributed by atoms with van der Waals surface area (Å²) >= 11 is 1.49. The first-order chi connectivity index (χ1) is 6.63. The summed E-state index contributed by atoms with van der Waals surface area (Å²) in [7, 11) is 0. The predicted octanol–water partition coefficient (Wildman–Crippen LogP) is 1.00. The smallest absolute Gasteiger partial charge is 0.194 e. The van der Waals surface area contributed by atoms with E-state index in [-0.39, 0.29) is 6.54 Å². The monoisotopic (exact) mass is 211 g/mol. The molecule has 1 unspecified atom stereocenters. The van der Waals surface area contributed by atoms with Crippen molar-refractivity contribution in [3.8, 4) is 0 Å². The summed E-state index contributed by atoms with van der Waals surface area (Å²) in [5.41, 5.74) is 7.54. The van der Waals surface area contributed by atoms with Gasteiger partial charge in [0.15, 0.2) is 4.96 Å². The SMILES string of the molecule is Cc1nc2sc(C(O)CN)cn2c1C. The molecule has 0 aliphatic carbocycles. The predicted molar refractivity (Wildman–Crippen MR) is 56.6 cm³/mol. The van der Waals surface area contributed by atoms with E-state index in [1.807, 2.05) is 24.4 Å². The van der Waals surface area contributed by atoms with Gasteiger partial charge in [0.1, 0.15) is 6.10 Å². The zero-order valence-electron chi connectivity index (χ0n) is 8.19. The van der Waals surface area contributed by atoms with Gasteiger partial charge in [0.25, 0.3) is 0 Å². The van der Waals surface area contributed by atoms with Gasteiger partial charge in [-0.3, -0.25) is 4.40 Å². The Balaban J connectivity index is 2.53. The lowest BCUT2D eigenvalue weighted by Crippen LogP contribution is -2.10. The largest absolute Gasteiger partial charge is 0.386 e. The molecule has 5 heteroatoms. The topological polar surface area (TPSA) is 63.5 Å². The highest BCUT2D eigenvalue weighted by Crippen LogP contribution is 2.25. The maximum atomic E-state index is 9.55. The molecule has 0 fully saturated rings. The van der Waals surface area contributed by atoms with Gasteiger partial charge in [0.05, 0.1) is 10.6 Å². The summed E-state index contributed by atoms with van der Waals surface area (Å²) in [5.74, 6) is 0. The Morgan fingerprint density at radius 1 is 1.64 bits per heavy atom. The zero-order chi connectivity index (χ0) is 10.3. The summed E-state index contributed by atoms with van der Waals surface area (Å²) in [5, 5.41) is 9.55. The molecule has 0 saturated heterocycles. The molecule has 0 saturated carbocycles. The molecular formula is C9H13N3OS. The lowest BCUT2D eigenvalue weighted by molar-refractivity contribution is 0.190.